The summed E-state index contributed by atoms with van der Waals surface area (Å²) in [6, 6.07) is 9.22. The van der Waals surface area contributed by atoms with Gasteiger partial charge in [0.1, 0.15) is 71.8 Å². The normalized spacial score (nSPS) is 25.4. The fourth-order valence-electron chi connectivity index (χ4n) is 9.35. The average Bonchev–Trinajstić information content (AvgIpc) is 1.02. The molecule has 10 N–H and O–H groups in total. The molecule has 28 heteroatoms. The van der Waals surface area contributed by atoms with E-state index in [0.717, 1.165) is 0 Å². The summed E-state index contributed by atoms with van der Waals surface area (Å²) in [5, 5.41) is 53.9. The monoisotopic (exact) mass is 1230 g/mol. The first-order valence-electron chi connectivity index (χ1n) is 29.0. The van der Waals surface area contributed by atoms with Crippen LogP contribution >= 0.6 is 0 Å². The third-order valence-corrected chi connectivity index (χ3v) is 13.1. The van der Waals surface area contributed by atoms with Crippen molar-refractivity contribution < 1.29 is 101 Å². The Hall–Kier alpha value is -6.95. The van der Waals surface area contributed by atoms with E-state index < -0.39 is 157 Å². The van der Waals surface area contributed by atoms with E-state index in [1.54, 1.807) is 138 Å². The second-order valence-electron chi connectivity index (χ2n) is 25.3. The van der Waals surface area contributed by atoms with Crippen LogP contribution in [0.2, 0.25) is 0 Å². The van der Waals surface area contributed by atoms with Gasteiger partial charge in [0.05, 0.1) is 50.1 Å². The highest BCUT2D eigenvalue weighted by molar-refractivity contribution is 5.81. The van der Waals surface area contributed by atoms with Gasteiger partial charge in [-0.2, -0.15) is 0 Å². The Morgan fingerprint density at radius 3 is 1.61 bits per heavy atom. The number of ether oxygens (including phenoxy) is 11. The summed E-state index contributed by atoms with van der Waals surface area (Å²) in [5.41, 5.74) is -2.57. The van der Waals surface area contributed by atoms with Crippen molar-refractivity contribution in [3.8, 4) is 5.75 Å². The van der Waals surface area contributed by atoms with Gasteiger partial charge in [-0.15, -0.1) is 0 Å². The Morgan fingerprint density at radius 2 is 1.05 bits per heavy atom. The van der Waals surface area contributed by atoms with Crippen LogP contribution in [0.5, 0.6) is 5.75 Å². The highest BCUT2D eigenvalue weighted by Gasteiger charge is 2.53. The number of hydrogen-bond donors (Lipinski definition) is 10. The number of amides is 7. The fraction of sp³-hybridized carbons (Fsp3) is 0.678. The summed E-state index contributed by atoms with van der Waals surface area (Å²) >= 11 is 0. The number of hydrogen-bond acceptors (Lipinski definition) is 21. The Morgan fingerprint density at radius 1 is 0.552 bits per heavy atom. The second kappa shape index (κ2) is 31.8. The molecule has 2 heterocycles. The molecular weight excluding hydrogens is 1140 g/mol. The maximum atomic E-state index is 14.2. The first kappa shape index (κ1) is 70.8. The van der Waals surface area contributed by atoms with Crippen LogP contribution in [0.15, 0.2) is 54.6 Å². The molecule has 87 heavy (non-hydrogen) atoms. The predicted octanol–water partition coefficient (Wildman–Crippen LogP) is 4.80. The van der Waals surface area contributed by atoms with Gasteiger partial charge in [-0.25, -0.2) is 28.8 Å². The first-order valence-corrected chi connectivity index (χ1v) is 29.0. The lowest BCUT2D eigenvalue weighted by Crippen LogP contribution is -2.70. The third kappa shape index (κ3) is 25.0. The van der Waals surface area contributed by atoms with Gasteiger partial charge in [-0.05, 0) is 138 Å². The molecule has 2 aromatic rings. The van der Waals surface area contributed by atoms with E-state index in [2.05, 4.69) is 37.2 Å². The summed E-state index contributed by atoms with van der Waals surface area (Å²) < 4.78 is 64.6. The van der Waals surface area contributed by atoms with Crippen LogP contribution in [0.4, 0.5) is 28.8 Å². The molecule has 28 nitrogen and oxygen atoms in total. The average molecular weight is 1230 g/mol. The molecule has 0 spiro atoms. The van der Waals surface area contributed by atoms with Crippen LogP contribution in [0.3, 0.4) is 0 Å². The van der Waals surface area contributed by atoms with E-state index in [-0.39, 0.29) is 52.0 Å². The van der Waals surface area contributed by atoms with Crippen LogP contribution in [0.1, 0.15) is 126 Å². The second-order valence-corrected chi connectivity index (χ2v) is 25.3. The maximum Gasteiger partial charge on any atom is 0.408 e. The summed E-state index contributed by atoms with van der Waals surface area (Å²) in [6.45, 7) is 18.5. The molecule has 13 atom stereocenters. The Kier molecular flexibility index (Phi) is 25.9. The highest BCUT2D eigenvalue weighted by atomic mass is 16.7. The van der Waals surface area contributed by atoms with Crippen molar-refractivity contribution in [3.63, 3.8) is 0 Å². The number of alkyl carbamates (subject to hydrolysis) is 6. The van der Waals surface area contributed by atoms with E-state index in [9.17, 15) is 48.9 Å². The van der Waals surface area contributed by atoms with Crippen molar-refractivity contribution in [2.45, 2.75) is 230 Å². The summed E-state index contributed by atoms with van der Waals surface area (Å²) in [4.78, 5) is 94.5. The van der Waals surface area contributed by atoms with Crippen LogP contribution in [0.25, 0.3) is 0 Å². The molecule has 1 saturated carbocycles. The van der Waals surface area contributed by atoms with Gasteiger partial charge in [-0.3, -0.25) is 4.79 Å². The Bertz CT molecular complexity index is 2550. The van der Waals surface area contributed by atoms with Gasteiger partial charge in [0.2, 0.25) is 5.91 Å². The summed E-state index contributed by atoms with van der Waals surface area (Å²) in [6.07, 6.45) is -18.2. The zero-order chi connectivity index (χ0) is 64.4. The maximum absolute atomic E-state index is 14.2. The van der Waals surface area contributed by atoms with Crippen molar-refractivity contribution >= 4 is 42.5 Å². The van der Waals surface area contributed by atoms with Gasteiger partial charge in [0.25, 0.3) is 0 Å². The quantitative estimate of drug-likeness (QED) is 0.0750. The van der Waals surface area contributed by atoms with Crippen molar-refractivity contribution in [3.05, 3.63) is 65.7 Å². The molecule has 0 radical (unpaired) electrons. The molecule has 2 aromatic carbocycles. The number of nitrogens with one attached hydrogen (secondary N) is 7. The van der Waals surface area contributed by atoms with Crippen LogP contribution in [-0.2, 0) is 65.4 Å². The molecule has 1 aliphatic carbocycles. The predicted molar refractivity (Wildman–Crippen MR) is 310 cm³/mol. The lowest BCUT2D eigenvalue weighted by atomic mass is 9.83. The smallest absolute Gasteiger partial charge is 0.408 e. The van der Waals surface area contributed by atoms with E-state index in [4.69, 9.17) is 52.1 Å². The van der Waals surface area contributed by atoms with E-state index in [0.29, 0.717) is 16.9 Å². The fourth-order valence-corrected chi connectivity index (χ4v) is 9.35. The molecule has 3 aliphatic rings. The van der Waals surface area contributed by atoms with Gasteiger partial charge in [0.15, 0.2) is 12.6 Å². The minimum absolute atomic E-state index is 0.0970. The van der Waals surface area contributed by atoms with Gasteiger partial charge in [-0.1, -0.05) is 42.5 Å². The molecule has 2 aliphatic heterocycles. The number of aliphatic hydroxyl groups excluding tert-OH is 3. The largest absolute Gasteiger partial charge is 0.497 e. The van der Waals surface area contributed by atoms with Gasteiger partial charge in [0, 0.05) is 13.1 Å². The number of aliphatic hydroxyl groups is 3. The number of methoxy groups -OCH3 is 1. The van der Waals surface area contributed by atoms with Crippen LogP contribution in [0, 0.1) is 0 Å². The molecule has 488 valence electrons. The standard InChI is InChI=1S/C59H91N7O21/c1-56(2,3)84-51(72)61-29-36-23-24-38(63-53(74)85-57(4,5)6)48(80-36)82-46-41(65-54(75)86-58(7,8)9)28-40(62-47(70)42(68)25-26-60-50(71)78-32-34-19-21-35(77-13)22-20-34)45(44(46)69)83-49-43(66-55(76)87-59(10,11)12)39(27-37(30-67)81-49)64-52(73)79-31-33-17-15-14-16-18-33/h14-22,36-46,48-49,67-69H,23-32H2,1-13H3,(H,60,71)(H,61,72)(H,62,70)(H,63,74)(H,64,73)(H,65,75)(H,66,76)/t36-,37-,38+,39-,40+,41-,42-,43+,44+,45-,46+,48+,49+/m0/s1. The van der Waals surface area contributed by atoms with Crippen LogP contribution < -0.4 is 42.0 Å². The molecule has 0 unspecified atom stereocenters. The molecule has 2 saturated heterocycles. The van der Waals surface area contributed by atoms with E-state index in [1.807, 2.05) is 0 Å². The topological polar surface area (TPSA) is 366 Å². The lowest BCUT2D eigenvalue weighted by molar-refractivity contribution is -0.289. The van der Waals surface area contributed by atoms with E-state index >= 15 is 0 Å². The summed E-state index contributed by atoms with van der Waals surface area (Å²) in [7, 11) is 1.52. The number of rotatable bonds is 21. The third-order valence-electron chi connectivity index (χ3n) is 13.1. The molecule has 0 bridgehead atoms. The minimum atomic E-state index is -2.00. The Labute approximate surface area is 507 Å². The minimum Gasteiger partial charge on any atom is -0.497 e. The number of carbonyl (C=O) groups is 7. The van der Waals surface area contributed by atoms with Crippen molar-refractivity contribution in [1.82, 2.24) is 37.2 Å². The zero-order valence-electron chi connectivity index (χ0n) is 52.0. The van der Waals surface area contributed by atoms with Gasteiger partial charge < -0.3 is 105 Å². The van der Waals surface area contributed by atoms with Crippen molar-refractivity contribution in [2.75, 3.05) is 26.8 Å². The van der Waals surface area contributed by atoms with Gasteiger partial charge >= 0.3 is 36.6 Å². The summed E-state index contributed by atoms with van der Waals surface area (Å²) in [5.74, 6) is -0.433. The number of benzene rings is 2. The SMILES string of the molecule is COc1ccc(COC(=O)NCC[C@H](O)C(=O)N[C@@H]2C[C@H](NC(=O)OC(C)(C)C)[C@@H](O[C@H]3O[C@H](CNC(=O)OC(C)(C)C)CC[C@H]3NC(=O)OC(C)(C)C)[C@H](O)[C@H]2O[C@H]2O[C@H](CO)C[C@H](NC(=O)OCc3ccccc3)[C@H]2NC(=O)OC(C)(C)C)cc1. The Balaban J connectivity index is 1.54. The lowest BCUT2D eigenvalue weighted by Gasteiger charge is -2.49. The van der Waals surface area contributed by atoms with Crippen LogP contribution in [-0.4, -0.2) is 186 Å². The number of carbonyl (C=O) groups excluding carboxylic acids is 7. The highest BCUT2D eigenvalue weighted by Crippen LogP contribution is 2.34. The van der Waals surface area contributed by atoms with Crippen molar-refractivity contribution in [2.24, 2.45) is 0 Å². The molecule has 0 aromatic heterocycles. The molecule has 5 rings (SSSR count). The first-order chi connectivity index (χ1) is 40.7. The van der Waals surface area contributed by atoms with E-state index in [1.165, 1.54) is 7.11 Å². The molecule has 3 fully saturated rings. The molecule has 7 amide bonds. The zero-order valence-corrected chi connectivity index (χ0v) is 52.0. The van der Waals surface area contributed by atoms with Crippen molar-refractivity contribution in [1.29, 1.82) is 0 Å². The molecular formula is C59H91N7O21.